The maximum absolute atomic E-state index is 11.3. The molecule has 0 spiro atoms. The van der Waals surface area contributed by atoms with Crippen molar-refractivity contribution in [3.05, 3.63) is 0 Å². The summed E-state index contributed by atoms with van der Waals surface area (Å²) >= 11 is 0. The summed E-state index contributed by atoms with van der Waals surface area (Å²) in [5.41, 5.74) is 5.60. The molecule has 0 aromatic heterocycles. The van der Waals surface area contributed by atoms with Crippen LogP contribution in [-0.2, 0) is 9.59 Å². The Bertz CT molecular complexity index is 204. The lowest BCUT2D eigenvalue weighted by molar-refractivity contribution is -0.123. The first-order valence-electron chi connectivity index (χ1n) is 4.73. The third kappa shape index (κ3) is 4.81. The van der Waals surface area contributed by atoms with Crippen molar-refractivity contribution in [3.8, 4) is 0 Å². The molecule has 0 radical (unpaired) electrons. The zero-order chi connectivity index (χ0) is 11.1. The Morgan fingerprint density at radius 2 is 1.93 bits per heavy atom. The molecular formula is C9H19N3O2. The smallest absolute Gasteiger partial charge is 0.237 e. The molecule has 82 valence electrons. The van der Waals surface area contributed by atoms with Gasteiger partial charge in [0.1, 0.15) is 0 Å². The van der Waals surface area contributed by atoms with Crippen molar-refractivity contribution in [3.63, 3.8) is 0 Å². The van der Waals surface area contributed by atoms with E-state index in [1.54, 1.807) is 7.05 Å². The summed E-state index contributed by atoms with van der Waals surface area (Å²) in [5, 5.41) is 5.07. The van der Waals surface area contributed by atoms with E-state index in [0.29, 0.717) is 6.54 Å². The summed E-state index contributed by atoms with van der Waals surface area (Å²) in [4.78, 5) is 22.1. The first-order valence-corrected chi connectivity index (χ1v) is 4.73. The highest BCUT2D eigenvalue weighted by Crippen LogP contribution is 1.97. The largest absolute Gasteiger partial charge is 0.359 e. The lowest BCUT2D eigenvalue weighted by Crippen LogP contribution is -2.44. The van der Waals surface area contributed by atoms with Crippen LogP contribution in [0.4, 0.5) is 0 Å². The number of nitrogens with one attached hydrogen (secondary N) is 2. The van der Waals surface area contributed by atoms with Crippen molar-refractivity contribution in [2.75, 3.05) is 13.6 Å². The lowest BCUT2D eigenvalue weighted by Gasteiger charge is -2.14. The fourth-order valence-corrected chi connectivity index (χ4v) is 0.845. The Morgan fingerprint density at radius 1 is 1.36 bits per heavy atom. The van der Waals surface area contributed by atoms with Crippen LogP contribution in [-0.4, -0.2) is 31.4 Å². The molecule has 0 aliphatic carbocycles. The van der Waals surface area contributed by atoms with Crippen LogP contribution in [0.1, 0.15) is 20.3 Å². The molecule has 4 N–H and O–H groups in total. The summed E-state index contributed by atoms with van der Waals surface area (Å²) < 4.78 is 0. The van der Waals surface area contributed by atoms with E-state index in [2.05, 4.69) is 10.6 Å². The van der Waals surface area contributed by atoms with Crippen LogP contribution in [0.25, 0.3) is 0 Å². The number of rotatable bonds is 5. The monoisotopic (exact) mass is 201 g/mol. The highest BCUT2D eigenvalue weighted by atomic mass is 16.2. The minimum Gasteiger partial charge on any atom is -0.359 e. The average Bonchev–Trinajstić information content (AvgIpc) is 2.15. The first-order chi connectivity index (χ1) is 6.49. The number of hydrogen-bond acceptors (Lipinski definition) is 3. The second-order valence-electron chi connectivity index (χ2n) is 3.48. The van der Waals surface area contributed by atoms with Gasteiger partial charge >= 0.3 is 0 Å². The predicted octanol–water partition coefficient (Wildman–Crippen LogP) is -0.778. The summed E-state index contributed by atoms with van der Waals surface area (Å²) in [5.74, 6) is -0.192. The molecule has 0 aromatic rings. The van der Waals surface area contributed by atoms with Gasteiger partial charge in [0.15, 0.2) is 0 Å². The second-order valence-corrected chi connectivity index (χ2v) is 3.48. The van der Waals surface area contributed by atoms with E-state index in [1.807, 2.05) is 13.8 Å². The van der Waals surface area contributed by atoms with Crippen molar-refractivity contribution in [2.24, 2.45) is 11.7 Å². The summed E-state index contributed by atoms with van der Waals surface area (Å²) in [6.07, 6.45) is 0.285. The van der Waals surface area contributed by atoms with Gasteiger partial charge in [0.2, 0.25) is 11.8 Å². The van der Waals surface area contributed by atoms with Crippen LogP contribution in [0.3, 0.4) is 0 Å². The maximum atomic E-state index is 11.3. The second kappa shape index (κ2) is 6.37. The van der Waals surface area contributed by atoms with Gasteiger partial charge < -0.3 is 16.4 Å². The van der Waals surface area contributed by atoms with Crippen LogP contribution in [0, 0.1) is 5.92 Å². The molecule has 5 heteroatoms. The van der Waals surface area contributed by atoms with Crippen molar-refractivity contribution in [2.45, 2.75) is 26.3 Å². The minimum atomic E-state index is -0.500. The molecule has 1 atom stereocenters. The zero-order valence-corrected chi connectivity index (χ0v) is 8.96. The first kappa shape index (κ1) is 12.9. The fourth-order valence-electron chi connectivity index (χ4n) is 0.845. The van der Waals surface area contributed by atoms with Gasteiger partial charge in [-0.15, -0.1) is 0 Å². The Morgan fingerprint density at radius 3 is 2.36 bits per heavy atom. The fraction of sp³-hybridized carbons (Fsp3) is 0.778. The van der Waals surface area contributed by atoms with E-state index in [-0.39, 0.29) is 24.2 Å². The maximum Gasteiger partial charge on any atom is 0.237 e. The zero-order valence-electron chi connectivity index (χ0n) is 8.96. The quantitative estimate of drug-likeness (QED) is 0.545. The predicted molar refractivity (Wildman–Crippen MR) is 54.5 cm³/mol. The molecule has 0 saturated heterocycles. The number of carbonyl (C=O) groups is 2. The normalized spacial score (nSPS) is 12.4. The van der Waals surface area contributed by atoms with Gasteiger partial charge in [0, 0.05) is 20.0 Å². The Kier molecular flexibility index (Phi) is 5.87. The van der Waals surface area contributed by atoms with Gasteiger partial charge in [-0.25, -0.2) is 0 Å². The van der Waals surface area contributed by atoms with Crippen LogP contribution >= 0.6 is 0 Å². The van der Waals surface area contributed by atoms with Crippen LogP contribution in [0.15, 0.2) is 0 Å². The Labute approximate surface area is 84.4 Å². The van der Waals surface area contributed by atoms with Crippen molar-refractivity contribution in [1.82, 2.24) is 10.6 Å². The van der Waals surface area contributed by atoms with E-state index in [0.717, 1.165) is 0 Å². The van der Waals surface area contributed by atoms with E-state index >= 15 is 0 Å². The van der Waals surface area contributed by atoms with E-state index < -0.39 is 6.04 Å². The van der Waals surface area contributed by atoms with Crippen LogP contribution < -0.4 is 16.4 Å². The lowest BCUT2D eigenvalue weighted by atomic mass is 10.1. The van der Waals surface area contributed by atoms with Gasteiger partial charge in [-0.1, -0.05) is 13.8 Å². The molecule has 0 heterocycles. The average molecular weight is 201 g/mol. The Balaban J connectivity index is 3.69. The number of hydrogen-bond donors (Lipinski definition) is 3. The molecule has 14 heavy (non-hydrogen) atoms. The summed E-state index contributed by atoms with van der Waals surface area (Å²) in [7, 11) is 1.56. The molecule has 2 amide bonds. The molecule has 0 aliphatic heterocycles. The van der Waals surface area contributed by atoms with Gasteiger partial charge in [-0.2, -0.15) is 0 Å². The topological polar surface area (TPSA) is 84.2 Å². The van der Waals surface area contributed by atoms with E-state index in [4.69, 9.17) is 5.73 Å². The number of nitrogens with two attached hydrogens (primary N) is 1. The third-order valence-electron chi connectivity index (χ3n) is 1.95. The van der Waals surface area contributed by atoms with E-state index in [9.17, 15) is 9.59 Å². The minimum absolute atomic E-state index is 0.0941. The van der Waals surface area contributed by atoms with Crippen LogP contribution in [0.2, 0.25) is 0 Å². The van der Waals surface area contributed by atoms with Crippen LogP contribution in [0.5, 0.6) is 0 Å². The standard InChI is InChI=1S/C9H19N3O2/c1-6(2)8(10)9(14)12-5-4-7(13)11-3/h6,8H,4-5,10H2,1-3H3,(H,11,13)(H,12,14). The highest BCUT2D eigenvalue weighted by molar-refractivity contribution is 5.82. The molecule has 0 rings (SSSR count). The summed E-state index contributed by atoms with van der Waals surface area (Å²) in [6.45, 7) is 4.09. The SMILES string of the molecule is CNC(=O)CCNC(=O)C(N)C(C)C. The highest BCUT2D eigenvalue weighted by Gasteiger charge is 2.16. The van der Waals surface area contributed by atoms with E-state index in [1.165, 1.54) is 0 Å². The van der Waals surface area contributed by atoms with Gasteiger partial charge in [-0.3, -0.25) is 9.59 Å². The molecule has 0 fully saturated rings. The van der Waals surface area contributed by atoms with Gasteiger partial charge in [0.05, 0.1) is 6.04 Å². The molecule has 0 aliphatic rings. The number of amides is 2. The molecule has 0 aromatic carbocycles. The molecular weight excluding hydrogens is 182 g/mol. The Hall–Kier alpha value is -1.10. The van der Waals surface area contributed by atoms with Crippen molar-refractivity contribution in [1.29, 1.82) is 0 Å². The van der Waals surface area contributed by atoms with Crippen molar-refractivity contribution < 1.29 is 9.59 Å². The molecule has 1 unspecified atom stereocenters. The van der Waals surface area contributed by atoms with Gasteiger partial charge in [-0.05, 0) is 5.92 Å². The number of carbonyl (C=O) groups excluding carboxylic acids is 2. The van der Waals surface area contributed by atoms with Gasteiger partial charge in [0.25, 0.3) is 0 Å². The third-order valence-corrected chi connectivity index (χ3v) is 1.95. The van der Waals surface area contributed by atoms with Crippen molar-refractivity contribution >= 4 is 11.8 Å². The molecule has 0 bridgehead atoms. The molecule has 0 saturated carbocycles. The molecule has 5 nitrogen and oxygen atoms in total. The summed E-state index contributed by atoms with van der Waals surface area (Å²) in [6, 6.07) is -0.500.